The predicted molar refractivity (Wildman–Crippen MR) is 82.1 cm³/mol. The number of anilines is 1. The van der Waals surface area contributed by atoms with Gasteiger partial charge in [-0.2, -0.15) is 0 Å². The molecule has 0 radical (unpaired) electrons. The van der Waals surface area contributed by atoms with Crippen LogP contribution in [-0.4, -0.2) is 5.91 Å². The molecule has 0 aliphatic rings. The van der Waals surface area contributed by atoms with Gasteiger partial charge in [-0.15, -0.1) is 0 Å². The van der Waals surface area contributed by atoms with Crippen LogP contribution in [0.2, 0.25) is 0 Å². The molecule has 0 bridgehead atoms. The molecule has 0 saturated carbocycles. The molecule has 2 atom stereocenters. The highest BCUT2D eigenvalue weighted by Gasteiger charge is 2.09. The summed E-state index contributed by atoms with van der Waals surface area (Å²) in [6, 6.07) is 9.56. The minimum Gasteiger partial charge on any atom is -0.322 e. The minimum absolute atomic E-state index is 0.0119. The molecule has 1 amide bonds. The minimum atomic E-state index is -0.0119. The molecule has 0 unspecified atom stereocenters. The van der Waals surface area contributed by atoms with E-state index in [2.05, 4.69) is 32.2 Å². The van der Waals surface area contributed by atoms with Gasteiger partial charge >= 0.3 is 0 Å². The van der Waals surface area contributed by atoms with Crippen LogP contribution in [0.4, 0.5) is 5.69 Å². The third kappa shape index (κ3) is 5.73. The first-order chi connectivity index (χ1) is 9.02. The summed E-state index contributed by atoms with van der Waals surface area (Å²) in [5.74, 6) is 1.13. The maximum atomic E-state index is 12.0. The van der Waals surface area contributed by atoms with Crippen molar-refractivity contribution in [3.8, 4) is 0 Å². The second-order valence-electron chi connectivity index (χ2n) is 5.40. The monoisotopic (exact) mass is 259 g/mol. The first kappa shape index (κ1) is 15.5. The Morgan fingerprint density at radius 1 is 1.26 bits per heavy atom. The maximum Gasteiger partial charge on any atom is 0.250 e. The molecule has 0 aromatic heterocycles. The molecule has 1 aromatic rings. The molecular formula is C17H25NO. The molecule has 0 spiro atoms. The lowest BCUT2D eigenvalue weighted by Gasteiger charge is -2.13. The van der Waals surface area contributed by atoms with Gasteiger partial charge in [-0.05, 0) is 37.3 Å². The van der Waals surface area contributed by atoms with E-state index in [0.717, 1.165) is 17.7 Å². The fraction of sp³-hybridized carbons (Fsp3) is 0.471. The quantitative estimate of drug-likeness (QED) is 0.741. The number of benzene rings is 1. The lowest BCUT2D eigenvalue weighted by atomic mass is 9.94. The fourth-order valence-corrected chi connectivity index (χ4v) is 2.12. The zero-order valence-electron chi connectivity index (χ0n) is 12.4. The van der Waals surface area contributed by atoms with Crippen LogP contribution in [0, 0.1) is 11.8 Å². The summed E-state index contributed by atoms with van der Waals surface area (Å²) >= 11 is 0. The van der Waals surface area contributed by atoms with E-state index in [1.165, 1.54) is 6.42 Å². The molecule has 1 rings (SSSR count). The zero-order valence-corrected chi connectivity index (χ0v) is 12.4. The van der Waals surface area contributed by atoms with E-state index in [-0.39, 0.29) is 5.91 Å². The normalized spacial score (nSPS) is 14.8. The van der Waals surface area contributed by atoms with Crippen molar-refractivity contribution < 1.29 is 4.79 Å². The third-order valence-electron chi connectivity index (χ3n) is 3.40. The Labute approximate surface area is 116 Å². The molecule has 19 heavy (non-hydrogen) atoms. The smallest absolute Gasteiger partial charge is 0.250 e. The Bertz CT molecular complexity index is 422. The summed E-state index contributed by atoms with van der Waals surface area (Å²) in [4.78, 5) is 12.0. The Balaban J connectivity index is 2.56. The van der Waals surface area contributed by atoms with Crippen molar-refractivity contribution in [2.75, 3.05) is 5.32 Å². The number of hydrogen-bond donors (Lipinski definition) is 1. The number of rotatable bonds is 6. The van der Waals surface area contributed by atoms with E-state index in [4.69, 9.17) is 0 Å². The highest BCUT2D eigenvalue weighted by molar-refractivity contribution is 6.03. The lowest BCUT2D eigenvalue weighted by Crippen LogP contribution is -2.13. The molecular weight excluding hydrogens is 234 g/mol. The summed E-state index contributed by atoms with van der Waals surface area (Å²) in [6.45, 7) is 8.51. The molecule has 104 valence electrons. The number of nitrogens with one attached hydrogen (secondary N) is 1. The van der Waals surface area contributed by atoms with Crippen LogP contribution >= 0.6 is 0 Å². The molecule has 2 heteroatoms. The van der Waals surface area contributed by atoms with E-state index in [1.54, 1.807) is 0 Å². The van der Waals surface area contributed by atoms with Crippen LogP contribution in [0.15, 0.2) is 42.0 Å². The van der Waals surface area contributed by atoms with Crippen molar-refractivity contribution in [2.45, 2.75) is 40.5 Å². The Hall–Kier alpha value is -1.57. The SMILES string of the molecule is CC[C@H](C)C[C@@H](C)/C=C(\C)C(=O)Nc1ccccc1. The van der Waals surface area contributed by atoms with Crippen LogP contribution in [-0.2, 0) is 4.79 Å². The van der Waals surface area contributed by atoms with Gasteiger partial charge in [0.05, 0.1) is 0 Å². The molecule has 0 heterocycles. The van der Waals surface area contributed by atoms with E-state index < -0.39 is 0 Å². The van der Waals surface area contributed by atoms with E-state index in [9.17, 15) is 4.79 Å². The second-order valence-corrected chi connectivity index (χ2v) is 5.40. The number of allylic oxidation sites excluding steroid dienone is 1. The number of carbonyl (C=O) groups excluding carboxylic acids is 1. The van der Waals surface area contributed by atoms with Crippen molar-refractivity contribution in [1.82, 2.24) is 0 Å². The highest BCUT2D eigenvalue weighted by Crippen LogP contribution is 2.17. The number of amides is 1. The molecule has 0 aliphatic carbocycles. The van der Waals surface area contributed by atoms with Gasteiger partial charge in [-0.1, -0.05) is 51.5 Å². The number of para-hydroxylation sites is 1. The van der Waals surface area contributed by atoms with Crippen LogP contribution in [0.5, 0.6) is 0 Å². The Morgan fingerprint density at radius 3 is 2.47 bits per heavy atom. The molecule has 0 fully saturated rings. The van der Waals surface area contributed by atoms with Gasteiger partial charge in [0.15, 0.2) is 0 Å². The van der Waals surface area contributed by atoms with Crippen LogP contribution < -0.4 is 5.32 Å². The fourth-order valence-electron chi connectivity index (χ4n) is 2.12. The average Bonchev–Trinajstić information content (AvgIpc) is 2.39. The molecule has 0 saturated heterocycles. The second kappa shape index (κ2) is 7.78. The summed E-state index contributed by atoms with van der Waals surface area (Å²) in [7, 11) is 0. The molecule has 1 N–H and O–H groups in total. The number of hydrogen-bond acceptors (Lipinski definition) is 1. The number of carbonyl (C=O) groups is 1. The first-order valence-corrected chi connectivity index (χ1v) is 7.07. The largest absolute Gasteiger partial charge is 0.322 e. The average molecular weight is 259 g/mol. The summed E-state index contributed by atoms with van der Waals surface area (Å²) in [5.41, 5.74) is 1.63. The van der Waals surface area contributed by atoms with Crippen LogP contribution in [0.25, 0.3) is 0 Å². The predicted octanol–water partition coefficient (Wildman–Crippen LogP) is 4.64. The van der Waals surface area contributed by atoms with Crippen LogP contribution in [0.1, 0.15) is 40.5 Å². The van der Waals surface area contributed by atoms with Gasteiger partial charge in [0.25, 0.3) is 5.91 Å². The van der Waals surface area contributed by atoms with E-state index in [1.807, 2.05) is 37.3 Å². The van der Waals surface area contributed by atoms with Gasteiger partial charge in [-0.25, -0.2) is 0 Å². The van der Waals surface area contributed by atoms with E-state index >= 15 is 0 Å². The first-order valence-electron chi connectivity index (χ1n) is 7.07. The zero-order chi connectivity index (χ0) is 14.3. The van der Waals surface area contributed by atoms with Crippen molar-refractivity contribution in [3.63, 3.8) is 0 Å². The molecule has 0 aliphatic heterocycles. The van der Waals surface area contributed by atoms with Crippen LogP contribution in [0.3, 0.4) is 0 Å². The molecule has 2 nitrogen and oxygen atoms in total. The van der Waals surface area contributed by atoms with Crippen molar-refractivity contribution in [1.29, 1.82) is 0 Å². The Kier molecular flexibility index (Phi) is 6.34. The Morgan fingerprint density at radius 2 is 1.89 bits per heavy atom. The highest BCUT2D eigenvalue weighted by atomic mass is 16.1. The maximum absolute atomic E-state index is 12.0. The topological polar surface area (TPSA) is 29.1 Å². The summed E-state index contributed by atoms with van der Waals surface area (Å²) < 4.78 is 0. The van der Waals surface area contributed by atoms with Gasteiger partial charge in [0.1, 0.15) is 0 Å². The third-order valence-corrected chi connectivity index (χ3v) is 3.40. The van der Waals surface area contributed by atoms with Gasteiger partial charge < -0.3 is 5.32 Å². The van der Waals surface area contributed by atoms with Crippen molar-refractivity contribution in [3.05, 3.63) is 42.0 Å². The van der Waals surface area contributed by atoms with Crippen molar-refractivity contribution >= 4 is 11.6 Å². The molecule has 1 aromatic carbocycles. The van der Waals surface area contributed by atoms with Gasteiger partial charge in [0.2, 0.25) is 0 Å². The van der Waals surface area contributed by atoms with E-state index in [0.29, 0.717) is 11.8 Å². The van der Waals surface area contributed by atoms with Crippen molar-refractivity contribution in [2.24, 2.45) is 11.8 Å². The van der Waals surface area contributed by atoms with Gasteiger partial charge in [0, 0.05) is 11.3 Å². The summed E-state index contributed by atoms with van der Waals surface area (Å²) in [5, 5.41) is 2.91. The summed E-state index contributed by atoms with van der Waals surface area (Å²) in [6.07, 6.45) is 4.39. The standard InChI is InChI=1S/C17H25NO/c1-5-13(2)11-14(3)12-15(4)17(19)18-16-9-7-6-8-10-16/h6-10,12-14H,5,11H2,1-4H3,(H,18,19)/b15-12+/t13-,14+/m0/s1. The van der Waals surface area contributed by atoms with Gasteiger partial charge in [-0.3, -0.25) is 4.79 Å². The lowest BCUT2D eigenvalue weighted by molar-refractivity contribution is -0.112.